The van der Waals surface area contributed by atoms with Gasteiger partial charge in [0.2, 0.25) is 5.91 Å². The summed E-state index contributed by atoms with van der Waals surface area (Å²) < 4.78 is 5.36. The average Bonchev–Trinajstić information content (AvgIpc) is 2.38. The number of nitrogens with one attached hydrogen (secondary N) is 1. The van der Waals surface area contributed by atoms with Crippen molar-refractivity contribution in [1.82, 2.24) is 5.32 Å². The van der Waals surface area contributed by atoms with E-state index in [1.54, 1.807) is 0 Å². The van der Waals surface area contributed by atoms with Gasteiger partial charge >= 0.3 is 0 Å². The first kappa shape index (κ1) is 14.5. The number of hydrogen-bond acceptors (Lipinski definition) is 4. The van der Waals surface area contributed by atoms with Gasteiger partial charge in [0, 0.05) is 6.54 Å². The zero-order valence-electron chi connectivity index (χ0n) is 10.4. The molecule has 0 aliphatic rings. The Labute approximate surface area is 106 Å². The summed E-state index contributed by atoms with van der Waals surface area (Å²) in [7, 11) is 0. The molecule has 0 spiro atoms. The molecule has 0 radical (unpaired) electrons. The van der Waals surface area contributed by atoms with Crippen LogP contribution >= 0.6 is 0 Å². The highest BCUT2D eigenvalue weighted by Gasteiger charge is 2.19. The van der Waals surface area contributed by atoms with Gasteiger partial charge in [0.15, 0.2) is 0 Å². The fourth-order valence-electron chi connectivity index (χ4n) is 1.21. The van der Waals surface area contributed by atoms with Crippen LogP contribution in [0.2, 0.25) is 0 Å². The van der Waals surface area contributed by atoms with Gasteiger partial charge in [0.05, 0.1) is 19.6 Å². The fraction of sp³-hybridized carbons (Fsp3) is 0.462. The van der Waals surface area contributed by atoms with Crippen molar-refractivity contribution in [2.45, 2.75) is 18.9 Å². The van der Waals surface area contributed by atoms with Gasteiger partial charge in [-0.05, 0) is 19.1 Å². The van der Waals surface area contributed by atoms with E-state index in [0.29, 0.717) is 5.75 Å². The van der Waals surface area contributed by atoms with Crippen molar-refractivity contribution in [2.75, 3.05) is 19.8 Å². The fourth-order valence-corrected chi connectivity index (χ4v) is 1.21. The van der Waals surface area contributed by atoms with E-state index in [1.165, 1.54) is 6.92 Å². The molecule has 0 saturated heterocycles. The van der Waals surface area contributed by atoms with Crippen molar-refractivity contribution < 1.29 is 19.7 Å². The second-order valence-corrected chi connectivity index (χ2v) is 4.34. The Morgan fingerprint density at radius 2 is 2.06 bits per heavy atom. The summed E-state index contributed by atoms with van der Waals surface area (Å²) in [4.78, 5) is 11.4. The summed E-state index contributed by atoms with van der Waals surface area (Å²) in [6, 6.07) is 9.22. The largest absolute Gasteiger partial charge is 0.493 e. The van der Waals surface area contributed by atoms with Crippen LogP contribution in [-0.2, 0) is 4.79 Å². The minimum absolute atomic E-state index is 0.0215. The third-order valence-electron chi connectivity index (χ3n) is 2.35. The van der Waals surface area contributed by atoms with Crippen LogP contribution in [0.4, 0.5) is 0 Å². The van der Waals surface area contributed by atoms with Crippen molar-refractivity contribution in [3.8, 4) is 5.75 Å². The highest BCUT2D eigenvalue weighted by Crippen LogP contribution is 2.08. The lowest BCUT2D eigenvalue weighted by molar-refractivity contribution is -0.123. The van der Waals surface area contributed by atoms with Gasteiger partial charge in [0.25, 0.3) is 0 Å². The number of ether oxygens (including phenoxy) is 1. The predicted molar refractivity (Wildman–Crippen MR) is 67.3 cm³/mol. The second kappa shape index (κ2) is 6.98. The number of hydrogen-bond donors (Lipinski definition) is 3. The number of para-hydroxylation sites is 1. The van der Waals surface area contributed by atoms with Crippen molar-refractivity contribution >= 4 is 5.91 Å². The van der Waals surface area contributed by atoms with Gasteiger partial charge in [-0.1, -0.05) is 18.2 Å². The third-order valence-corrected chi connectivity index (χ3v) is 2.35. The van der Waals surface area contributed by atoms with Crippen LogP contribution in [0, 0.1) is 0 Å². The summed E-state index contributed by atoms with van der Waals surface area (Å²) in [6.45, 7) is 1.35. The molecule has 1 aromatic rings. The van der Waals surface area contributed by atoms with Gasteiger partial charge in [-0.2, -0.15) is 0 Å². The third kappa shape index (κ3) is 5.65. The number of benzene rings is 1. The Morgan fingerprint density at radius 3 is 2.67 bits per heavy atom. The molecule has 1 rings (SSSR count). The normalized spacial score (nSPS) is 13.7. The maximum atomic E-state index is 11.4. The highest BCUT2D eigenvalue weighted by atomic mass is 16.5. The molecular weight excluding hydrogens is 234 g/mol. The molecule has 1 amide bonds. The lowest BCUT2D eigenvalue weighted by Gasteiger charge is -2.20. The molecule has 5 nitrogen and oxygen atoms in total. The zero-order valence-corrected chi connectivity index (χ0v) is 10.4. The smallest absolute Gasteiger partial charge is 0.223 e. The van der Waals surface area contributed by atoms with E-state index in [-0.39, 0.29) is 25.5 Å². The molecule has 1 unspecified atom stereocenters. The van der Waals surface area contributed by atoms with Crippen LogP contribution in [0.1, 0.15) is 13.3 Å². The topological polar surface area (TPSA) is 78.8 Å². The summed E-state index contributed by atoms with van der Waals surface area (Å²) in [5, 5.41) is 20.8. The van der Waals surface area contributed by atoms with Crippen molar-refractivity contribution in [3.63, 3.8) is 0 Å². The summed E-state index contributed by atoms with van der Waals surface area (Å²) in [5.74, 6) is 0.493. The maximum Gasteiger partial charge on any atom is 0.223 e. The molecular formula is C13H19NO4. The van der Waals surface area contributed by atoms with Gasteiger partial charge in [-0.3, -0.25) is 4.79 Å². The quantitative estimate of drug-likeness (QED) is 0.653. The highest BCUT2D eigenvalue weighted by molar-refractivity contribution is 5.76. The van der Waals surface area contributed by atoms with Crippen LogP contribution in [0.25, 0.3) is 0 Å². The number of aliphatic hydroxyl groups excluding tert-OH is 1. The van der Waals surface area contributed by atoms with Crippen LogP contribution in [0.5, 0.6) is 5.75 Å². The van der Waals surface area contributed by atoms with E-state index in [1.807, 2.05) is 30.3 Å². The molecule has 0 aliphatic heterocycles. The van der Waals surface area contributed by atoms with Crippen LogP contribution in [0.3, 0.4) is 0 Å². The monoisotopic (exact) mass is 253 g/mol. The first-order valence-electron chi connectivity index (χ1n) is 5.81. The van der Waals surface area contributed by atoms with Gasteiger partial charge in [-0.15, -0.1) is 0 Å². The Bertz CT molecular complexity index is 365. The average molecular weight is 253 g/mol. The van der Waals surface area contributed by atoms with Crippen molar-refractivity contribution in [3.05, 3.63) is 30.3 Å². The minimum atomic E-state index is -1.28. The van der Waals surface area contributed by atoms with Crippen molar-refractivity contribution in [1.29, 1.82) is 0 Å². The maximum absolute atomic E-state index is 11.4. The standard InChI is InChI=1S/C13H19NO4/c1-13(17,10-15)9-14-12(16)7-8-18-11-5-3-2-4-6-11/h2-6,15,17H,7-10H2,1H3,(H,14,16). The van der Waals surface area contributed by atoms with Crippen LogP contribution in [0.15, 0.2) is 30.3 Å². The molecule has 0 heterocycles. The SMILES string of the molecule is CC(O)(CO)CNC(=O)CCOc1ccccc1. The van der Waals surface area contributed by atoms with Crippen LogP contribution < -0.4 is 10.1 Å². The molecule has 100 valence electrons. The summed E-state index contributed by atoms with van der Waals surface area (Å²) in [6.07, 6.45) is 0.205. The molecule has 1 aromatic carbocycles. The number of rotatable bonds is 7. The number of amides is 1. The molecule has 18 heavy (non-hydrogen) atoms. The number of carbonyl (C=O) groups excluding carboxylic acids is 1. The van der Waals surface area contributed by atoms with E-state index in [9.17, 15) is 9.90 Å². The lowest BCUT2D eigenvalue weighted by Crippen LogP contribution is -2.43. The number of carbonyl (C=O) groups is 1. The van der Waals surface area contributed by atoms with Crippen molar-refractivity contribution in [2.24, 2.45) is 0 Å². The Balaban J connectivity index is 2.18. The van der Waals surface area contributed by atoms with E-state index in [2.05, 4.69) is 5.32 Å². The zero-order chi connectivity index (χ0) is 13.4. The Morgan fingerprint density at radius 1 is 1.39 bits per heavy atom. The first-order chi connectivity index (χ1) is 8.53. The number of aliphatic hydroxyl groups is 2. The molecule has 0 fully saturated rings. The Hall–Kier alpha value is -1.59. The molecule has 0 bridgehead atoms. The van der Waals surface area contributed by atoms with E-state index in [0.717, 1.165) is 0 Å². The van der Waals surface area contributed by atoms with E-state index < -0.39 is 12.2 Å². The molecule has 0 aromatic heterocycles. The van der Waals surface area contributed by atoms with E-state index in [4.69, 9.17) is 9.84 Å². The minimum Gasteiger partial charge on any atom is -0.493 e. The van der Waals surface area contributed by atoms with E-state index >= 15 is 0 Å². The second-order valence-electron chi connectivity index (χ2n) is 4.34. The summed E-state index contributed by atoms with van der Waals surface area (Å²) in [5.41, 5.74) is -1.28. The predicted octanol–water partition coefficient (Wildman–Crippen LogP) is 0.315. The molecule has 5 heteroatoms. The molecule has 1 atom stereocenters. The van der Waals surface area contributed by atoms with Crippen LogP contribution in [-0.4, -0.2) is 41.5 Å². The lowest BCUT2D eigenvalue weighted by atomic mass is 10.1. The summed E-state index contributed by atoms with van der Waals surface area (Å²) >= 11 is 0. The molecule has 0 saturated carbocycles. The van der Waals surface area contributed by atoms with Gasteiger partial charge in [0.1, 0.15) is 11.4 Å². The first-order valence-corrected chi connectivity index (χ1v) is 5.81. The van der Waals surface area contributed by atoms with Gasteiger partial charge in [-0.25, -0.2) is 0 Å². The van der Waals surface area contributed by atoms with Gasteiger partial charge < -0.3 is 20.3 Å². The molecule has 0 aliphatic carbocycles. The molecule has 3 N–H and O–H groups in total. The Kier molecular flexibility index (Phi) is 5.61.